The molecule has 6 heteroatoms. The maximum absolute atomic E-state index is 13.8. The van der Waals surface area contributed by atoms with Gasteiger partial charge in [0.15, 0.2) is 0 Å². The van der Waals surface area contributed by atoms with Crippen molar-refractivity contribution >= 4 is 18.3 Å². The van der Waals surface area contributed by atoms with Crippen molar-refractivity contribution in [2.45, 2.75) is 50.5 Å². The molecule has 3 N–H and O–H groups in total. The fraction of sp³-hybridized carbons (Fsp3) is 0.611. The molecule has 1 aromatic rings. The molecule has 2 aliphatic rings. The lowest BCUT2D eigenvalue weighted by atomic mass is 9.84. The van der Waals surface area contributed by atoms with Gasteiger partial charge in [-0.1, -0.05) is 25.3 Å². The van der Waals surface area contributed by atoms with Crippen molar-refractivity contribution in [3.63, 3.8) is 0 Å². The van der Waals surface area contributed by atoms with E-state index in [0.717, 1.165) is 12.8 Å². The Kier molecular flexibility index (Phi) is 6.58. The SMILES string of the molecule is Cl.NCC(NC(=O)C1CC1c1c(F)cccc1F)C1CCCCC1. The molecule has 0 aromatic heterocycles. The van der Waals surface area contributed by atoms with E-state index >= 15 is 0 Å². The lowest BCUT2D eigenvalue weighted by Gasteiger charge is -2.30. The van der Waals surface area contributed by atoms with E-state index in [-0.39, 0.29) is 41.8 Å². The van der Waals surface area contributed by atoms with Crippen LogP contribution in [0, 0.1) is 23.5 Å². The predicted octanol–water partition coefficient (Wildman–Crippen LogP) is 3.51. The van der Waals surface area contributed by atoms with E-state index in [0.29, 0.717) is 18.9 Å². The van der Waals surface area contributed by atoms with Crippen LogP contribution in [-0.4, -0.2) is 18.5 Å². The molecule has 2 fully saturated rings. The smallest absolute Gasteiger partial charge is 0.224 e. The zero-order chi connectivity index (χ0) is 16.4. The molecule has 0 radical (unpaired) electrons. The summed E-state index contributed by atoms with van der Waals surface area (Å²) in [5, 5.41) is 3.03. The van der Waals surface area contributed by atoms with Crippen LogP contribution in [0.5, 0.6) is 0 Å². The van der Waals surface area contributed by atoms with Crippen molar-refractivity contribution < 1.29 is 13.6 Å². The van der Waals surface area contributed by atoms with E-state index in [9.17, 15) is 13.6 Å². The van der Waals surface area contributed by atoms with Crippen molar-refractivity contribution in [2.24, 2.45) is 17.6 Å². The third-order valence-electron chi connectivity index (χ3n) is 5.30. The predicted molar refractivity (Wildman–Crippen MR) is 92.0 cm³/mol. The first kappa shape index (κ1) is 19.1. The number of hydrogen-bond donors (Lipinski definition) is 2. The topological polar surface area (TPSA) is 55.1 Å². The highest BCUT2D eigenvalue weighted by Crippen LogP contribution is 2.49. The highest BCUT2D eigenvalue weighted by Gasteiger charge is 2.47. The van der Waals surface area contributed by atoms with Gasteiger partial charge in [0, 0.05) is 30.0 Å². The number of halogens is 3. The maximum atomic E-state index is 13.8. The Labute approximate surface area is 147 Å². The van der Waals surface area contributed by atoms with Crippen LogP contribution < -0.4 is 11.1 Å². The first-order chi connectivity index (χ1) is 11.1. The van der Waals surface area contributed by atoms with Gasteiger partial charge in [-0.25, -0.2) is 8.78 Å². The van der Waals surface area contributed by atoms with Crippen LogP contribution in [0.3, 0.4) is 0 Å². The number of hydrogen-bond acceptors (Lipinski definition) is 2. The van der Waals surface area contributed by atoms with Gasteiger partial charge in [0.05, 0.1) is 0 Å². The maximum Gasteiger partial charge on any atom is 0.224 e. The fourth-order valence-electron chi connectivity index (χ4n) is 3.86. The summed E-state index contributed by atoms with van der Waals surface area (Å²) in [6, 6.07) is 3.82. The van der Waals surface area contributed by atoms with E-state index < -0.39 is 11.6 Å². The molecular weight excluding hydrogens is 334 g/mol. The molecule has 3 atom stereocenters. The Morgan fingerprint density at radius 3 is 2.42 bits per heavy atom. The monoisotopic (exact) mass is 358 g/mol. The van der Waals surface area contributed by atoms with Crippen LogP contribution in [0.15, 0.2) is 18.2 Å². The molecule has 3 rings (SSSR count). The van der Waals surface area contributed by atoms with Crippen molar-refractivity contribution in [2.75, 3.05) is 6.54 Å². The minimum absolute atomic E-state index is 0. The Hall–Kier alpha value is -1.20. The molecule has 1 amide bonds. The van der Waals surface area contributed by atoms with Crippen molar-refractivity contribution in [1.29, 1.82) is 0 Å². The summed E-state index contributed by atoms with van der Waals surface area (Å²) in [5.74, 6) is -1.49. The minimum atomic E-state index is -0.562. The molecule has 0 saturated heterocycles. The average Bonchev–Trinajstić information content (AvgIpc) is 3.33. The summed E-state index contributed by atoms with van der Waals surface area (Å²) in [5.41, 5.74) is 5.88. The third-order valence-corrected chi connectivity index (χ3v) is 5.30. The van der Waals surface area contributed by atoms with Gasteiger partial charge < -0.3 is 11.1 Å². The summed E-state index contributed by atoms with van der Waals surface area (Å²) in [4.78, 5) is 12.4. The highest BCUT2D eigenvalue weighted by atomic mass is 35.5. The number of amides is 1. The molecule has 24 heavy (non-hydrogen) atoms. The standard InChI is InChI=1S/C18H24F2N2O.ClH/c19-14-7-4-8-15(20)17(14)12-9-13(12)18(23)22-16(10-21)11-5-2-1-3-6-11;/h4,7-8,11-13,16H,1-3,5-6,9-10,21H2,(H,22,23);1H. The molecule has 134 valence electrons. The average molecular weight is 359 g/mol. The lowest BCUT2D eigenvalue weighted by molar-refractivity contribution is -0.123. The molecule has 3 nitrogen and oxygen atoms in total. The Morgan fingerprint density at radius 2 is 1.83 bits per heavy atom. The zero-order valence-corrected chi connectivity index (χ0v) is 14.5. The van der Waals surface area contributed by atoms with E-state index in [2.05, 4.69) is 5.32 Å². The second-order valence-electron chi connectivity index (χ2n) is 6.83. The summed E-state index contributed by atoms with van der Waals surface area (Å²) in [6.45, 7) is 0.419. The Morgan fingerprint density at radius 1 is 1.21 bits per heavy atom. The summed E-state index contributed by atoms with van der Waals surface area (Å²) in [6.07, 6.45) is 6.31. The number of rotatable bonds is 5. The van der Waals surface area contributed by atoms with Crippen molar-refractivity contribution in [1.82, 2.24) is 5.32 Å². The van der Waals surface area contributed by atoms with Gasteiger partial charge in [-0.3, -0.25) is 4.79 Å². The van der Waals surface area contributed by atoms with Gasteiger partial charge in [-0.15, -0.1) is 12.4 Å². The second-order valence-corrected chi connectivity index (χ2v) is 6.83. The fourth-order valence-corrected chi connectivity index (χ4v) is 3.86. The van der Waals surface area contributed by atoms with Crippen LogP contribution in [-0.2, 0) is 4.79 Å². The molecule has 0 bridgehead atoms. The van der Waals surface area contributed by atoms with Crippen LogP contribution in [0.4, 0.5) is 8.78 Å². The number of benzene rings is 1. The van der Waals surface area contributed by atoms with Crippen LogP contribution >= 0.6 is 12.4 Å². The van der Waals surface area contributed by atoms with E-state index in [1.165, 1.54) is 37.5 Å². The number of carbonyl (C=O) groups is 1. The van der Waals surface area contributed by atoms with Crippen LogP contribution in [0.1, 0.15) is 50.0 Å². The zero-order valence-electron chi connectivity index (χ0n) is 13.6. The largest absolute Gasteiger partial charge is 0.352 e. The summed E-state index contributed by atoms with van der Waals surface area (Å²) < 4.78 is 27.6. The number of nitrogens with two attached hydrogens (primary N) is 1. The van der Waals surface area contributed by atoms with Crippen LogP contribution in [0.2, 0.25) is 0 Å². The van der Waals surface area contributed by atoms with E-state index in [1.54, 1.807) is 0 Å². The Balaban J connectivity index is 0.00000208. The van der Waals surface area contributed by atoms with Crippen molar-refractivity contribution in [3.05, 3.63) is 35.4 Å². The first-order valence-electron chi connectivity index (χ1n) is 8.56. The molecule has 1 aromatic carbocycles. The van der Waals surface area contributed by atoms with Gasteiger partial charge in [0.2, 0.25) is 5.91 Å². The van der Waals surface area contributed by atoms with E-state index in [1.807, 2.05) is 0 Å². The number of nitrogens with one attached hydrogen (secondary N) is 1. The minimum Gasteiger partial charge on any atom is -0.352 e. The second kappa shape index (κ2) is 8.26. The van der Waals surface area contributed by atoms with E-state index in [4.69, 9.17) is 5.73 Å². The summed E-state index contributed by atoms with van der Waals surface area (Å²) in [7, 11) is 0. The molecule has 0 spiro atoms. The van der Waals surface area contributed by atoms with Crippen LogP contribution in [0.25, 0.3) is 0 Å². The third kappa shape index (κ3) is 4.06. The molecule has 0 heterocycles. The molecule has 3 unspecified atom stereocenters. The van der Waals surface area contributed by atoms with Gasteiger partial charge in [-0.05, 0) is 37.3 Å². The first-order valence-corrected chi connectivity index (χ1v) is 8.56. The van der Waals surface area contributed by atoms with Crippen molar-refractivity contribution in [3.8, 4) is 0 Å². The number of carbonyl (C=O) groups excluding carboxylic acids is 1. The Bertz CT molecular complexity index is 558. The van der Waals surface area contributed by atoms with Gasteiger partial charge in [0.1, 0.15) is 11.6 Å². The van der Waals surface area contributed by atoms with Gasteiger partial charge in [-0.2, -0.15) is 0 Å². The molecule has 2 aliphatic carbocycles. The van der Waals surface area contributed by atoms with Gasteiger partial charge in [0.25, 0.3) is 0 Å². The quantitative estimate of drug-likeness (QED) is 0.846. The lowest BCUT2D eigenvalue weighted by Crippen LogP contribution is -2.46. The summed E-state index contributed by atoms with van der Waals surface area (Å²) >= 11 is 0. The molecule has 2 saturated carbocycles. The highest BCUT2D eigenvalue weighted by molar-refractivity contribution is 5.85. The molecular formula is C18H25ClF2N2O. The van der Waals surface area contributed by atoms with Gasteiger partial charge >= 0.3 is 0 Å². The normalized spacial score (nSPS) is 24.8. The molecule has 0 aliphatic heterocycles.